The molecular weight excluding hydrogens is 191 g/mol. The van der Waals surface area contributed by atoms with Crippen LogP contribution in [0.25, 0.3) is 0 Å². The summed E-state index contributed by atoms with van der Waals surface area (Å²) in [5.41, 5.74) is 0. The Hall–Kier alpha value is -0.0600. The number of nitrogens with one attached hydrogen (secondary N) is 2. The molecule has 1 saturated heterocycles. The Kier molecular flexibility index (Phi) is 4.77. The average Bonchev–Trinajstić information content (AvgIpc) is 2.14. The largest absolute Gasteiger partial charge is 0.612 e. The monoisotopic (exact) mass is 207 g/mol. The first-order valence-electron chi connectivity index (χ1n) is 4.36. The Labute approximate surface area is 79.1 Å². The Morgan fingerprint density at radius 3 is 3.08 bits per heavy atom. The lowest BCUT2D eigenvalue weighted by molar-refractivity contribution is -0.0461. The average molecular weight is 207 g/mol. The van der Waals surface area contributed by atoms with Gasteiger partial charge in [0, 0.05) is 20.1 Å². The molecular formula is C7H16N2O3P+. The minimum Gasteiger partial charge on any atom is -0.370 e. The standard InChI is InChI=1S/C7H16N2O3P/c1-6-3-9-4-7(12-6)5-11-13(10)8-2/h6-7,9H,3-5H2,1-2H3,(H,8,10)/q+1. The van der Waals surface area contributed by atoms with Gasteiger partial charge in [-0.15, -0.1) is 4.52 Å². The maximum Gasteiger partial charge on any atom is 0.612 e. The molecule has 5 nitrogen and oxygen atoms in total. The van der Waals surface area contributed by atoms with Gasteiger partial charge in [-0.25, -0.2) is 0 Å². The van der Waals surface area contributed by atoms with Crippen molar-refractivity contribution in [3.63, 3.8) is 0 Å². The third-order valence-corrected chi connectivity index (χ3v) is 2.54. The zero-order chi connectivity index (χ0) is 9.68. The highest BCUT2D eigenvalue weighted by atomic mass is 31.1. The van der Waals surface area contributed by atoms with E-state index in [0.717, 1.165) is 13.1 Å². The zero-order valence-corrected chi connectivity index (χ0v) is 8.84. The molecule has 0 aliphatic carbocycles. The van der Waals surface area contributed by atoms with Gasteiger partial charge in [-0.3, -0.25) is 0 Å². The van der Waals surface area contributed by atoms with E-state index in [9.17, 15) is 4.57 Å². The van der Waals surface area contributed by atoms with Gasteiger partial charge < -0.3 is 10.1 Å². The number of hydrogen-bond acceptors (Lipinski definition) is 4. The van der Waals surface area contributed by atoms with E-state index in [0.29, 0.717) is 6.61 Å². The summed E-state index contributed by atoms with van der Waals surface area (Å²) >= 11 is 0. The number of hydrogen-bond donors (Lipinski definition) is 2. The van der Waals surface area contributed by atoms with Crippen LogP contribution >= 0.6 is 8.18 Å². The van der Waals surface area contributed by atoms with E-state index in [2.05, 4.69) is 10.4 Å². The molecule has 13 heavy (non-hydrogen) atoms. The Balaban J connectivity index is 2.17. The minimum absolute atomic E-state index is 0.0102. The fraction of sp³-hybridized carbons (Fsp3) is 1.00. The van der Waals surface area contributed by atoms with Crippen LogP contribution < -0.4 is 10.4 Å². The molecule has 6 heteroatoms. The molecule has 0 bridgehead atoms. The predicted octanol–water partition coefficient (Wildman–Crippen LogP) is 0.257. The normalized spacial score (nSPS) is 30.2. The lowest BCUT2D eigenvalue weighted by Gasteiger charge is -2.26. The lowest BCUT2D eigenvalue weighted by atomic mass is 10.3. The van der Waals surface area contributed by atoms with Crippen LogP contribution in [0.4, 0.5) is 0 Å². The van der Waals surface area contributed by atoms with Gasteiger partial charge in [0.05, 0.1) is 12.2 Å². The fourth-order valence-electron chi connectivity index (χ4n) is 1.19. The van der Waals surface area contributed by atoms with E-state index in [1.165, 1.54) is 0 Å². The van der Waals surface area contributed by atoms with Crippen LogP contribution in [-0.4, -0.2) is 39.0 Å². The van der Waals surface area contributed by atoms with Crippen molar-refractivity contribution < 1.29 is 13.8 Å². The van der Waals surface area contributed by atoms with Crippen molar-refractivity contribution in [3.05, 3.63) is 0 Å². The summed E-state index contributed by atoms with van der Waals surface area (Å²) in [7, 11) is -0.127. The third-order valence-electron chi connectivity index (χ3n) is 1.79. The number of morpholine rings is 1. The van der Waals surface area contributed by atoms with Crippen molar-refractivity contribution in [1.29, 1.82) is 0 Å². The molecule has 3 unspecified atom stereocenters. The van der Waals surface area contributed by atoms with Crippen molar-refractivity contribution >= 4 is 8.18 Å². The number of rotatable bonds is 4. The maximum atomic E-state index is 10.9. The summed E-state index contributed by atoms with van der Waals surface area (Å²) in [6, 6.07) is 0. The molecule has 1 rings (SSSR count). The molecule has 1 fully saturated rings. The SMILES string of the molecule is CN[P+](=O)OCC1CNCC(C)O1. The molecule has 0 aromatic rings. The topological polar surface area (TPSA) is 59.6 Å². The second kappa shape index (κ2) is 5.62. The molecule has 0 amide bonds. The molecule has 0 aromatic carbocycles. The minimum atomic E-state index is -1.73. The molecule has 0 saturated carbocycles. The van der Waals surface area contributed by atoms with Crippen LogP contribution in [0, 0.1) is 0 Å². The van der Waals surface area contributed by atoms with Crippen LogP contribution in [0.1, 0.15) is 6.92 Å². The summed E-state index contributed by atoms with van der Waals surface area (Å²) in [4.78, 5) is 0. The van der Waals surface area contributed by atoms with E-state index in [4.69, 9.17) is 9.26 Å². The molecule has 76 valence electrons. The van der Waals surface area contributed by atoms with Crippen molar-refractivity contribution in [2.45, 2.75) is 19.1 Å². The second-order valence-corrected chi connectivity index (χ2v) is 4.22. The van der Waals surface area contributed by atoms with Gasteiger partial charge in [0.2, 0.25) is 0 Å². The lowest BCUT2D eigenvalue weighted by Crippen LogP contribution is -2.45. The molecule has 3 atom stereocenters. The van der Waals surface area contributed by atoms with E-state index >= 15 is 0 Å². The molecule has 0 radical (unpaired) electrons. The van der Waals surface area contributed by atoms with Gasteiger partial charge in [0.25, 0.3) is 0 Å². The van der Waals surface area contributed by atoms with Gasteiger partial charge in [0.15, 0.2) is 0 Å². The summed E-state index contributed by atoms with van der Waals surface area (Å²) in [5, 5.41) is 5.73. The molecule has 2 N–H and O–H groups in total. The van der Waals surface area contributed by atoms with Crippen LogP contribution in [0.5, 0.6) is 0 Å². The number of ether oxygens (including phenoxy) is 1. The Morgan fingerprint density at radius 1 is 1.69 bits per heavy atom. The molecule has 0 aromatic heterocycles. The highest BCUT2D eigenvalue weighted by molar-refractivity contribution is 7.36. The van der Waals surface area contributed by atoms with Gasteiger partial charge >= 0.3 is 8.18 Å². The first kappa shape index (κ1) is 11.0. The molecule has 1 heterocycles. The second-order valence-electron chi connectivity index (χ2n) is 3.00. The zero-order valence-electron chi connectivity index (χ0n) is 7.95. The van der Waals surface area contributed by atoms with Crippen molar-refractivity contribution in [2.75, 3.05) is 26.7 Å². The van der Waals surface area contributed by atoms with E-state index in [1.807, 2.05) is 6.92 Å². The summed E-state index contributed by atoms with van der Waals surface area (Å²) in [6.45, 7) is 4.00. The summed E-state index contributed by atoms with van der Waals surface area (Å²) in [6.07, 6.45) is 0.214. The van der Waals surface area contributed by atoms with Gasteiger partial charge in [-0.1, -0.05) is 5.09 Å². The Morgan fingerprint density at radius 2 is 2.46 bits per heavy atom. The predicted molar refractivity (Wildman–Crippen MR) is 49.8 cm³/mol. The summed E-state index contributed by atoms with van der Waals surface area (Å²) < 4.78 is 21.4. The Bertz CT molecular complexity index is 179. The van der Waals surface area contributed by atoms with Gasteiger partial charge in [0.1, 0.15) is 6.61 Å². The van der Waals surface area contributed by atoms with Crippen LogP contribution in [0.2, 0.25) is 0 Å². The highest BCUT2D eigenvalue weighted by Crippen LogP contribution is 2.16. The highest BCUT2D eigenvalue weighted by Gasteiger charge is 2.23. The molecule has 1 aliphatic rings. The van der Waals surface area contributed by atoms with Gasteiger partial charge in [-0.05, 0) is 11.5 Å². The van der Waals surface area contributed by atoms with E-state index < -0.39 is 8.18 Å². The third kappa shape index (κ3) is 4.11. The van der Waals surface area contributed by atoms with Crippen molar-refractivity contribution in [1.82, 2.24) is 10.4 Å². The fourth-order valence-corrected chi connectivity index (χ4v) is 1.62. The van der Waals surface area contributed by atoms with Gasteiger partial charge in [-0.2, -0.15) is 0 Å². The molecule has 1 aliphatic heterocycles. The first-order chi connectivity index (χ1) is 6.22. The van der Waals surface area contributed by atoms with Crippen molar-refractivity contribution in [2.24, 2.45) is 0 Å². The van der Waals surface area contributed by atoms with Crippen molar-refractivity contribution in [3.8, 4) is 0 Å². The first-order valence-corrected chi connectivity index (χ1v) is 5.54. The van der Waals surface area contributed by atoms with E-state index in [-0.39, 0.29) is 12.2 Å². The maximum absolute atomic E-state index is 10.9. The smallest absolute Gasteiger partial charge is 0.370 e. The molecule has 0 spiro atoms. The van der Waals surface area contributed by atoms with Crippen LogP contribution in [0.15, 0.2) is 0 Å². The van der Waals surface area contributed by atoms with Crippen LogP contribution in [0.3, 0.4) is 0 Å². The summed E-state index contributed by atoms with van der Waals surface area (Å²) in [5.74, 6) is 0. The quantitative estimate of drug-likeness (QED) is 0.647. The van der Waals surface area contributed by atoms with E-state index in [1.54, 1.807) is 7.05 Å². The van der Waals surface area contributed by atoms with Crippen LogP contribution in [-0.2, 0) is 13.8 Å².